The highest BCUT2D eigenvalue weighted by Crippen LogP contribution is 2.25. The molecule has 0 spiro atoms. The van der Waals surface area contributed by atoms with Gasteiger partial charge in [0.25, 0.3) is 0 Å². The van der Waals surface area contributed by atoms with Gasteiger partial charge in [-0.2, -0.15) is 0 Å². The van der Waals surface area contributed by atoms with Crippen molar-refractivity contribution < 1.29 is 9.53 Å². The molecule has 0 amide bonds. The number of Topliss-reactive ketones (excluding diaryl/α,β-unsaturated/α-hetero) is 1. The Bertz CT molecular complexity index is 169. The molecule has 1 rings (SSSR count). The molecular weight excluding hydrogens is 188 g/mol. The van der Waals surface area contributed by atoms with E-state index in [-0.39, 0.29) is 0 Å². The average molecular weight is 212 g/mol. The number of carbonyl (C=O) groups is 1. The number of rotatable bonds is 6. The number of hydrogen-bond donors (Lipinski definition) is 0. The van der Waals surface area contributed by atoms with Crippen molar-refractivity contribution in [3.8, 4) is 0 Å². The maximum Gasteiger partial charge on any atom is 0.158 e. The summed E-state index contributed by atoms with van der Waals surface area (Å²) in [6.07, 6.45) is 9.59. The van der Waals surface area contributed by atoms with Crippen molar-refractivity contribution in [2.24, 2.45) is 5.92 Å². The summed E-state index contributed by atoms with van der Waals surface area (Å²) in [5, 5.41) is 0. The normalized spacial score (nSPS) is 18.7. The van der Waals surface area contributed by atoms with Crippen molar-refractivity contribution in [2.75, 3.05) is 13.2 Å². The summed E-state index contributed by atoms with van der Waals surface area (Å²) in [7, 11) is 0. The number of ether oxygens (including phenoxy) is 1. The summed E-state index contributed by atoms with van der Waals surface area (Å²) < 4.78 is 5.27. The van der Waals surface area contributed by atoms with Gasteiger partial charge in [-0.3, -0.25) is 4.79 Å². The van der Waals surface area contributed by atoms with E-state index < -0.39 is 0 Å². The fourth-order valence-electron chi connectivity index (χ4n) is 2.28. The fourth-order valence-corrected chi connectivity index (χ4v) is 2.28. The Hall–Kier alpha value is -0.370. The third-order valence-corrected chi connectivity index (χ3v) is 3.10. The first-order valence-corrected chi connectivity index (χ1v) is 6.42. The predicted molar refractivity (Wildman–Crippen MR) is 61.9 cm³/mol. The Kier molecular flexibility index (Phi) is 6.66. The number of ketones is 1. The highest BCUT2D eigenvalue weighted by Gasteiger charge is 2.15. The molecule has 0 atom stereocenters. The fraction of sp³-hybridized carbons (Fsp3) is 0.923. The van der Waals surface area contributed by atoms with Gasteiger partial charge in [0, 0.05) is 13.0 Å². The molecule has 0 aromatic carbocycles. The molecule has 1 aliphatic carbocycles. The van der Waals surface area contributed by atoms with E-state index in [1.807, 2.05) is 0 Å². The van der Waals surface area contributed by atoms with Gasteiger partial charge in [0.05, 0.1) is 0 Å². The minimum atomic E-state index is 0.301. The summed E-state index contributed by atoms with van der Waals surface area (Å²) in [6, 6.07) is 0. The first-order valence-electron chi connectivity index (χ1n) is 6.42. The highest BCUT2D eigenvalue weighted by atomic mass is 16.5. The van der Waals surface area contributed by atoms with E-state index in [1.54, 1.807) is 0 Å². The van der Waals surface area contributed by atoms with Crippen molar-refractivity contribution in [1.29, 1.82) is 0 Å². The molecule has 0 unspecified atom stereocenters. The second-order valence-electron chi connectivity index (χ2n) is 4.65. The lowest BCUT2D eigenvalue weighted by molar-refractivity contribution is -0.124. The van der Waals surface area contributed by atoms with Crippen molar-refractivity contribution in [1.82, 2.24) is 0 Å². The summed E-state index contributed by atoms with van der Waals surface area (Å²) >= 11 is 0. The molecule has 0 N–H and O–H groups in total. The minimum absolute atomic E-state index is 0.301. The molecule has 1 fully saturated rings. The predicted octanol–water partition coefficient (Wildman–Crippen LogP) is 3.34. The van der Waals surface area contributed by atoms with Crippen LogP contribution in [0.2, 0.25) is 0 Å². The molecule has 0 aromatic heterocycles. The van der Waals surface area contributed by atoms with Crippen LogP contribution in [-0.4, -0.2) is 19.0 Å². The van der Waals surface area contributed by atoms with Gasteiger partial charge in [-0.15, -0.1) is 0 Å². The first kappa shape index (κ1) is 12.7. The van der Waals surface area contributed by atoms with Crippen LogP contribution in [0, 0.1) is 5.92 Å². The van der Waals surface area contributed by atoms with Crippen LogP contribution in [0.15, 0.2) is 0 Å². The van der Waals surface area contributed by atoms with Crippen LogP contribution in [0.5, 0.6) is 0 Å². The van der Waals surface area contributed by atoms with Crippen LogP contribution in [0.4, 0.5) is 0 Å². The second-order valence-corrected chi connectivity index (χ2v) is 4.65. The molecule has 88 valence electrons. The average Bonchev–Trinajstić information content (AvgIpc) is 2.47. The summed E-state index contributed by atoms with van der Waals surface area (Å²) in [5.41, 5.74) is 0. The molecule has 0 saturated heterocycles. The van der Waals surface area contributed by atoms with E-state index >= 15 is 0 Å². The molecule has 2 nitrogen and oxygen atoms in total. The quantitative estimate of drug-likeness (QED) is 0.498. The van der Waals surface area contributed by atoms with Crippen molar-refractivity contribution >= 4 is 5.78 Å². The van der Waals surface area contributed by atoms with Crippen LogP contribution in [0.1, 0.15) is 58.3 Å². The van der Waals surface area contributed by atoms with Gasteiger partial charge in [0.15, 0.2) is 5.78 Å². The zero-order valence-corrected chi connectivity index (χ0v) is 9.96. The Balaban J connectivity index is 2.12. The van der Waals surface area contributed by atoms with Gasteiger partial charge in [-0.05, 0) is 12.3 Å². The van der Waals surface area contributed by atoms with Crippen LogP contribution in [0.25, 0.3) is 0 Å². The molecule has 2 heteroatoms. The molecule has 15 heavy (non-hydrogen) atoms. The lowest BCUT2D eigenvalue weighted by Crippen LogP contribution is -2.14. The molecule has 0 aliphatic heterocycles. The molecular formula is C13H24O2. The van der Waals surface area contributed by atoms with Crippen LogP contribution in [0.3, 0.4) is 0 Å². The van der Waals surface area contributed by atoms with Gasteiger partial charge in [-0.1, -0.05) is 45.4 Å². The van der Waals surface area contributed by atoms with Gasteiger partial charge in [-0.25, -0.2) is 0 Å². The summed E-state index contributed by atoms with van der Waals surface area (Å²) in [5.74, 6) is 0.945. The lowest BCUT2D eigenvalue weighted by atomic mass is 9.95. The standard InChI is InChI=1S/C13H24O2/c1-2-9-15-11-13(14)10-12-7-5-3-4-6-8-12/h12H,2-11H2,1H3. The van der Waals surface area contributed by atoms with E-state index in [1.165, 1.54) is 38.5 Å². The van der Waals surface area contributed by atoms with Gasteiger partial charge >= 0.3 is 0 Å². The summed E-state index contributed by atoms with van der Waals surface area (Å²) in [4.78, 5) is 11.6. The zero-order valence-electron chi connectivity index (χ0n) is 9.96. The third-order valence-electron chi connectivity index (χ3n) is 3.10. The van der Waals surface area contributed by atoms with E-state index in [9.17, 15) is 4.79 Å². The van der Waals surface area contributed by atoms with Crippen molar-refractivity contribution in [2.45, 2.75) is 58.3 Å². The van der Waals surface area contributed by atoms with E-state index in [0.717, 1.165) is 19.4 Å². The maximum absolute atomic E-state index is 11.6. The summed E-state index contributed by atoms with van der Waals surface area (Å²) in [6.45, 7) is 3.12. The van der Waals surface area contributed by atoms with Crippen molar-refractivity contribution in [3.05, 3.63) is 0 Å². The SMILES string of the molecule is CCCOCC(=O)CC1CCCCCC1. The Morgan fingerprint density at radius 3 is 2.47 bits per heavy atom. The monoisotopic (exact) mass is 212 g/mol. The van der Waals surface area contributed by atoms with Crippen LogP contribution < -0.4 is 0 Å². The second kappa shape index (κ2) is 7.86. The van der Waals surface area contributed by atoms with Gasteiger partial charge in [0.2, 0.25) is 0 Å². The third kappa shape index (κ3) is 5.93. The van der Waals surface area contributed by atoms with E-state index in [2.05, 4.69) is 6.92 Å². The largest absolute Gasteiger partial charge is 0.374 e. The molecule has 1 saturated carbocycles. The van der Waals surface area contributed by atoms with Crippen LogP contribution in [-0.2, 0) is 9.53 Å². The van der Waals surface area contributed by atoms with Crippen molar-refractivity contribution in [3.63, 3.8) is 0 Å². The Morgan fingerprint density at radius 2 is 1.87 bits per heavy atom. The molecule has 0 radical (unpaired) electrons. The zero-order chi connectivity index (χ0) is 10.9. The van der Waals surface area contributed by atoms with E-state index in [0.29, 0.717) is 18.3 Å². The molecule has 0 bridgehead atoms. The maximum atomic E-state index is 11.6. The first-order chi connectivity index (χ1) is 7.33. The highest BCUT2D eigenvalue weighted by molar-refractivity contribution is 5.79. The number of hydrogen-bond acceptors (Lipinski definition) is 2. The van der Waals surface area contributed by atoms with Gasteiger partial charge in [0.1, 0.15) is 6.61 Å². The van der Waals surface area contributed by atoms with E-state index in [4.69, 9.17) is 4.74 Å². The van der Waals surface area contributed by atoms with Gasteiger partial charge < -0.3 is 4.74 Å². The molecule has 1 aliphatic rings. The Morgan fingerprint density at radius 1 is 1.20 bits per heavy atom. The molecule has 0 heterocycles. The minimum Gasteiger partial charge on any atom is -0.374 e. The van der Waals surface area contributed by atoms with Crippen LogP contribution >= 0.6 is 0 Å². The smallest absolute Gasteiger partial charge is 0.158 e. The topological polar surface area (TPSA) is 26.3 Å². The Labute approximate surface area is 93.4 Å². The lowest BCUT2D eigenvalue weighted by Gasteiger charge is -2.12. The molecule has 0 aromatic rings. The number of carbonyl (C=O) groups excluding carboxylic acids is 1.